The van der Waals surface area contributed by atoms with Crippen LogP contribution in [0.15, 0.2) is 0 Å². The van der Waals surface area contributed by atoms with Gasteiger partial charge in [0.15, 0.2) is 0 Å². The van der Waals surface area contributed by atoms with Crippen LogP contribution in [0.2, 0.25) is 0 Å². The lowest BCUT2D eigenvalue weighted by Crippen LogP contribution is -2.38. The Morgan fingerprint density at radius 1 is 1.59 bits per heavy atom. The van der Waals surface area contributed by atoms with Gasteiger partial charge in [0, 0.05) is 11.8 Å². The molecule has 2 unspecified atom stereocenters. The third kappa shape index (κ3) is 2.63. The molecule has 0 aromatic rings. The molecule has 1 spiro atoms. The van der Waals surface area contributed by atoms with Gasteiger partial charge < -0.3 is 4.90 Å². The van der Waals surface area contributed by atoms with E-state index in [1.165, 1.54) is 0 Å². The summed E-state index contributed by atoms with van der Waals surface area (Å²) in [6.45, 7) is 5.34. The smallest absolute Gasteiger partial charge is 0.244 e. The zero-order valence-electron chi connectivity index (χ0n) is 11.2. The zero-order chi connectivity index (χ0) is 12.5. The van der Waals surface area contributed by atoms with Gasteiger partial charge in [0.25, 0.3) is 0 Å². The normalized spacial score (nSPS) is 27.8. The molecule has 2 atom stereocenters. The third-order valence-corrected chi connectivity index (χ3v) is 5.02. The molecule has 2 fully saturated rings. The van der Waals surface area contributed by atoms with E-state index in [-0.39, 0.29) is 5.54 Å². The molecule has 0 bridgehead atoms. The number of rotatable bonds is 6. The summed E-state index contributed by atoms with van der Waals surface area (Å²) < 4.78 is 0. The lowest BCUT2D eigenvalue weighted by molar-refractivity contribution is -0.130. The first-order chi connectivity index (χ1) is 8.13. The van der Waals surface area contributed by atoms with Crippen LogP contribution in [-0.2, 0) is 4.79 Å². The van der Waals surface area contributed by atoms with Crippen LogP contribution in [0.3, 0.4) is 0 Å². The molecule has 1 amide bonds. The Balaban J connectivity index is 1.94. The van der Waals surface area contributed by atoms with Crippen molar-refractivity contribution >= 4 is 17.7 Å². The van der Waals surface area contributed by atoms with Crippen molar-refractivity contribution in [1.82, 2.24) is 10.2 Å². The van der Waals surface area contributed by atoms with Crippen LogP contribution < -0.4 is 5.32 Å². The average molecular weight is 256 g/mol. The molecular weight excluding hydrogens is 232 g/mol. The lowest BCUT2D eigenvalue weighted by Gasteiger charge is -2.24. The molecule has 17 heavy (non-hydrogen) atoms. The van der Waals surface area contributed by atoms with Crippen molar-refractivity contribution in [2.45, 2.75) is 62.9 Å². The molecule has 1 saturated heterocycles. The van der Waals surface area contributed by atoms with E-state index in [9.17, 15) is 4.79 Å². The molecule has 1 aliphatic carbocycles. The fraction of sp³-hybridized carbons (Fsp3) is 0.923. The predicted octanol–water partition coefficient (Wildman–Crippen LogP) is 2.22. The van der Waals surface area contributed by atoms with Gasteiger partial charge in [-0.3, -0.25) is 10.1 Å². The molecular formula is C13H24N2OS. The fourth-order valence-electron chi connectivity index (χ4n) is 2.56. The summed E-state index contributed by atoms with van der Waals surface area (Å²) in [5.41, 5.74) is -0.136. The first kappa shape index (κ1) is 13.2. The van der Waals surface area contributed by atoms with Crippen molar-refractivity contribution in [3.63, 3.8) is 0 Å². The second-order valence-corrected chi connectivity index (χ2v) is 6.64. The Bertz CT molecular complexity index is 291. The van der Waals surface area contributed by atoms with Gasteiger partial charge in [-0.1, -0.05) is 20.3 Å². The summed E-state index contributed by atoms with van der Waals surface area (Å²) in [6, 6.07) is 0. The van der Waals surface area contributed by atoms with Crippen molar-refractivity contribution in [3.8, 4) is 0 Å². The Kier molecular flexibility index (Phi) is 4.03. The number of nitrogens with one attached hydrogen (secondary N) is 1. The minimum absolute atomic E-state index is 0.136. The Labute approximate surface area is 109 Å². The molecule has 3 nitrogen and oxygen atoms in total. The van der Waals surface area contributed by atoms with Crippen molar-refractivity contribution < 1.29 is 4.79 Å². The van der Waals surface area contributed by atoms with Gasteiger partial charge in [0.2, 0.25) is 5.91 Å². The fourth-order valence-corrected chi connectivity index (χ4v) is 2.90. The summed E-state index contributed by atoms with van der Waals surface area (Å²) in [5.74, 6) is 0.365. The molecule has 4 heteroatoms. The molecule has 2 aliphatic rings. The van der Waals surface area contributed by atoms with E-state index in [4.69, 9.17) is 0 Å². The van der Waals surface area contributed by atoms with Gasteiger partial charge in [-0.05, 0) is 31.9 Å². The minimum Gasteiger partial charge on any atom is -0.325 e. The first-order valence-corrected chi connectivity index (χ1v) is 8.03. The van der Waals surface area contributed by atoms with Crippen LogP contribution in [0.4, 0.5) is 0 Å². The maximum absolute atomic E-state index is 12.3. The molecule has 0 radical (unpaired) electrons. The molecule has 1 saturated carbocycles. The summed E-state index contributed by atoms with van der Waals surface area (Å²) >= 11 is 1.88. The molecule has 98 valence electrons. The van der Waals surface area contributed by atoms with Gasteiger partial charge >= 0.3 is 0 Å². The SMILES string of the molecule is CCCC1NC2(CC2)C(=O)N1CCC(C)SC. The van der Waals surface area contributed by atoms with E-state index in [0.717, 1.165) is 38.6 Å². The number of nitrogens with zero attached hydrogens (tertiary/aromatic N) is 1. The molecule has 2 rings (SSSR count). The number of hydrogen-bond donors (Lipinski definition) is 1. The maximum atomic E-state index is 12.3. The largest absolute Gasteiger partial charge is 0.325 e. The molecule has 1 heterocycles. The van der Waals surface area contributed by atoms with Crippen LogP contribution in [0, 0.1) is 0 Å². The molecule has 1 aliphatic heterocycles. The van der Waals surface area contributed by atoms with Gasteiger partial charge in [-0.25, -0.2) is 0 Å². The Morgan fingerprint density at radius 2 is 2.29 bits per heavy atom. The minimum atomic E-state index is -0.136. The number of carbonyl (C=O) groups excluding carboxylic acids is 1. The van der Waals surface area contributed by atoms with Crippen molar-refractivity contribution in [1.29, 1.82) is 0 Å². The van der Waals surface area contributed by atoms with Crippen molar-refractivity contribution in [2.75, 3.05) is 12.8 Å². The van der Waals surface area contributed by atoms with Crippen molar-refractivity contribution in [3.05, 3.63) is 0 Å². The highest BCUT2D eigenvalue weighted by molar-refractivity contribution is 7.99. The van der Waals surface area contributed by atoms with Gasteiger partial charge in [0.1, 0.15) is 0 Å². The molecule has 0 aromatic carbocycles. The van der Waals surface area contributed by atoms with Crippen LogP contribution in [-0.4, -0.2) is 40.6 Å². The number of amides is 1. The van der Waals surface area contributed by atoms with E-state index >= 15 is 0 Å². The topological polar surface area (TPSA) is 32.3 Å². The van der Waals surface area contributed by atoms with Crippen LogP contribution >= 0.6 is 11.8 Å². The number of carbonyl (C=O) groups is 1. The van der Waals surface area contributed by atoms with E-state index in [1.807, 2.05) is 11.8 Å². The average Bonchev–Trinajstić information content (AvgIpc) is 3.04. The lowest BCUT2D eigenvalue weighted by atomic mass is 10.2. The summed E-state index contributed by atoms with van der Waals surface area (Å²) in [5, 5.41) is 4.19. The van der Waals surface area contributed by atoms with E-state index in [1.54, 1.807) is 0 Å². The van der Waals surface area contributed by atoms with Crippen LogP contribution in [0.25, 0.3) is 0 Å². The van der Waals surface area contributed by atoms with Crippen molar-refractivity contribution in [2.24, 2.45) is 0 Å². The van der Waals surface area contributed by atoms with Crippen LogP contribution in [0.5, 0.6) is 0 Å². The first-order valence-electron chi connectivity index (χ1n) is 6.74. The highest BCUT2D eigenvalue weighted by Crippen LogP contribution is 2.42. The third-order valence-electron chi connectivity index (χ3n) is 3.98. The highest BCUT2D eigenvalue weighted by atomic mass is 32.2. The van der Waals surface area contributed by atoms with E-state index in [2.05, 4.69) is 30.3 Å². The van der Waals surface area contributed by atoms with E-state index < -0.39 is 0 Å². The summed E-state index contributed by atoms with van der Waals surface area (Å²) in [4.78, 5) is 14.4. The monoisotopic (exact) mass is 256 g/mol. The zero-order valence-corrected chi connectivity index (χ0v) is 12.0. The number of hydrogen-bond acceptors (Lipinski definition) is 3. The predicted molar refractivity (Wildman–Crippen MR) is 73.1 cm³/mol. The van der Waals surface area contributed by atoms with Gasteiger partial charge in [-0.15, -0.1) is 0 Å². The second kappa shape index (κ2) is 5.19. The standard InChI is InChI=1S/C13H24N2OS/c1-4-5-11-14-13(7-8-13)12(16)15(11)9-6-10(2)17-3/h10-11,14H,4-9H2,1-3H3. The maximum Gasteiger partial charge on any atom is 0.244 e. The number of thioether (sulfide) groups is 1. The Morgan fingerprint density at radius 3 is 2.82 bits per heavy atom. The highest BCUT2D eigenvalue weighted by Gasteiger charge is 2.58. The summed E-state index contributed by atoms with van der Waals surface area (Å²) in [7, 11) is 0. The second-order valence-electron chi connectivity index (χ2n) is 5.36. The Hall–Kier alpha value is -0.220. The van der Waals surface area contributed by atoms with E-state index in [0.29, 0.717) is 17.3 Å². The summed E-state index contributed by atoms with van der Waals surface area (Å²) in [6.07, 6.45) is 7.84. The quantitative estimate of drug-likeness (QED) is 0.791. The van der Waals surface area contributed by atoms with Gasteiger partial charge in [0.05, 0.1) is 11.7 Å². The van der Waals surface area contributed by atoms with Crippen LogP contribution in [0.1, 0.15) is 46.0 Å². The van der Waals surface area contributed by atoms with Gasteiger partial charge in [-0.2, -0.15) is 11.8 Å². The molecule has 0 aromatic heterocycles. The molecule has 1 N–H and O–H groups in total.